The lowest BCUT2D eigenvalue weighted by atomic mass is 10.1. The molecule has 5 aromatic rings. The molecule has 6 heteroatoms. The lowest BCUT2D eigenvalue weighted by Crippen LogP contribution is -2.04. The first-order valence-corrected chi connectivity index (χ1v) is 14.8. The largest absolute Gasteiger partial charge is 0.497 e. The molecule has 0 saturated heterocycles. The van der Waals surface area contributed by atoms with Crippen molar-refractivity contribution in [2.24, 2.45) is 0 Å². The van der Waals surface area contributed by atoms with E-state index in [-0.39, 0.29) is 5.78 Å². The third-order valence-corrected chi connectivity index (χ3v) is 6.97. The van der Waals surface area contributed by atoms with E-state index in [1.165, 1.54) is 6.08 Å². The number of benzene rings is 5. The summed E-state index contributed by atoms with van der Waals surface area (Å²) in [6.45, 7) is 3.52. The van der Waals surface area contributed by atoms with Crippen molar-refractivity contribution >= 4 is 11.9 Å². The number of hydrogen-bond acceptors (Lipinski definition) is 6. The first-order valence-electron chi connectivity index (χ1n) is 14.8. The molecule has 0 heterocycles. The molecule has 0 radical (unpaired) electrons. The quantitative estimate of drug-likeness (QED) is 0.0885. The summed E-state index contributed by atoms with van der Waals surface area (Å²) in [5.74, 6) is 2.96. The fourth-order valence-corrected chi connectivity index (χ4v) is 4.56. The van der Waals surface area contributed by atoms with Gasteiger partial charge in [-0.1, -0.05) is 72.8 Å². The minimum Gasteiger partial charge on any atom is -0.497 e. The number of hydrogen-bond donors (Lipinski definition) is 0. The Kier molecular flexibility index (Phi) is 10.9. The molecule has 0 atom stereocenters. The third-order valence-electron chi connectivity index (χ3n) is 6.97. The molecular formula is C39H36O6. The summed E-state index contributed by atoms with van der Waals surface area (Å²) in [5.41, 5.74) is 4.26. The Morgan fingerprint density at radius 2 is 1.11 bits per heavy atom. The second-order valence-corrected chi connectivity index (χ2v) is 10.2. The Balaban J connectivity index is 1.31. The van der Waals surface area contributed by atoms with E-state index >= 15 is 0 Å². The number of rotatable bonds is 15. The zero-order valence-electron chi connectivity index (χ0n) is 25.5. The molecule has 0 unspecified atom stereocenters. The standard InChI is InChI=1S/C39H36O6/c1-3-42-38-24-34(44-27-31-14-18-33(41-2)19-15-31)20-16-32(38)17-23-37(40)36-22-21-35(43-26-29-10-6-4-7-11-29)25-39(36)45-28-30-12-8-5-9-13-30/h4-25H,3,26-28H2,1-2H3. The molecule has 0 saturated carbocycles. The Morgan fingerprint density at radius 3 is 1.71 bits per heavy atom. The van der Waals surface area contributed by atoms with Crippen LogP contribution in [0.4, 0.5) is 0 Å². The number of carbonyl (C=O) groups is 1. The van der Waals surface area contributed by atoms with Gasteiger partial charge in [-0.2, -0.15) is 0 Å². The van der Waals surface area contributed by atoms with Gasteiger partial charge in [0.1, 0.15) is 48.6 Å². The highest BCUT2D eigenvalue weighted by Crippen LogP contribution is 2.30. The summed E-state index contributed by atoms with van der Waals surface area (Å²) in [6, 6.07) is 38.4. The van der Waals surface area contributed by atoms with Gasteiger partial charge in [0.25, 0.3) is 0 Å². The molecule has 0 aliphatic heterocycles. The van der Waals surface area contributed by atoms with Crippen molar-refractivity contribution in [3.8, 4) is 28.7 Å². The van der Waals surface area contributed by atoms with E-state index in [9.17, 15) is 4.79 Å². The number of ether oxygens (including phenoxy) is 5. The van der Waals surface area contributed by atoms with Gasteiger partial charge in [0, 0.05) is 17.7 Å². The van der Waals surface area contributed by atoms with Crippen LogP contribution in [0.25, 0.3) is 6.08 Å². The van der Waals surface area contributed by atoms with E-state index in [2.05, 4.69) is 0 Å². The van der Waals surface area contributed by atoms with Gasteiger partial charge >= 0.3 is 0 Å². The first-order chi connectivity index (χ1) is 22.1. The SMILES string of the molecule is CCOc1cc(OCc2ccc(OC)cc2)ccc1C=CC(=O)c1ccc(OCc2ccccc2)cc1OCc1ccccc1. The molecular weight excluding hydrogens is 564 g/mol. The van der Waals surface area contributed by atoms with Gasteiger partial charge in [0.05, 0.1) is 19.3 Å². The van der Waals surface area contributed by atoms with Crippen LogP contribution in [-0.2, 0) is 19.8 Å². The molecule has 228 valence electrons. The average molecular weight is 601 g/mol. The van der Waals surface area contributed by atoms with E-state index in [0.29, 0.717) is 55.0 Å². The van der Waals surface area contributed by atoms with Crippen LogP contribution in [0.3, 0.4) is 0 Å². The maximum absolute atomic E-state index is 13.5. The smallest absolute Gasteiger partial charge is 0.189 e. The van der Waals surface area contributed by atoms with Crippen LogP contribution in [0.5, 0.6) is 28.7 Å². The normalized spacial score (nSPS) is 10.8. The molecule has 0 fully saturated rings. The first kappa shape index (κ1) is 31.0. The van der Waals surface area contributed by atoms with Crippen molar-refractivity contribution in [3.63, 3.8) is 0 Å². The maximum Gasteiger partial charge on any atom is 0.189 e. The van der Waals surface area contributed by atoms with E-state index in [1.807, 2.05) is 110 Å². The van der Waals surface area contributed by atoms with E-state index < -0.39 is 0 Å². The lowest BCUT2D eigenvalue weighted by Gasteiger charge is -2.13. The van der Waals surface area contributed by atoms with Crippen molar-refractivity contribution in [1.82, 2.24) is 0 Å². The van der Waals surface area contributed by atoms with Gasteiger partial charge in [-0.15, -0.1) is 0 Å². The van der Waals surface area contributed by atoms with Crippen LogP contribution in [0, 0.1) is 0 Å². The zero-order valence-corrected chi connectivity index (χ0v) is 25.5. The van der Waals surface area contributed by atoms with Crippen molar-refractivity contribution < 1.29 is 28.5 Å². The van der Waals surface area contributed by atoms with Gasteiger partial charge in [-0.05, 0) is 72.2 Å². The molecule has 0 N–H and O–H groups in total. The second kappa shape index (κ2) is 15.8. The molecule has 0 bridgehead atoms. The van der Waals surface area contributed by atoms with Crippen molar-refractivity contribution in [2.75, 3.05) is 13.7 Å². The summed E-state index contributed by atoms with van der Waals surface area (Å²) in [5, 5.41) is 0. The van der Waals surface area contributed by atoms with Gasteiger partial charge in [0.15, 0.2) is 5.78 Å². The number of carbonyl (C=O) groups excluding carboxylic acids is 1. The van der Waals surface area contributed by atoms with Gasteiger partial charge in [-0.3, -0.25) is 4.79 Å². The summed E-state index contributed by atoms with van der Waals surface area (Å²) in [6.07, 6.45) is 3.28. The van der Waals surface area contributed by atoms with Crippen molar-refractivity contribution in [1.29, 1.82) is 0 Å². The summed E-state index contributed by atoms with van der Waals surface area (Å²) in [4.78, 5) is 13.5. The highest BCUT2D eigenvalue weighted by molar-refractivity contribution is 6.08. The Labute approximate surface area is 264 Å². The van der Waals surface area contributed by atoms with Crippen LogP contribution in [0.1, 0.15) is 39.5 Å². The average Bonchev–Trinajstić information content (AvgIpc) is 3.09. The number of allylic oxidation sites excluding steroid dienone is 1. The monoisotopic (exact) mass is 600 g/mol. The van der Waals surface area contributed by atoms with E-state index in [0.717, 1.165) is 28.0 Å². The molecule has 6 nitrogen and oxygen atoms in total. The van der Waals surface area contributed by atoms with Crippen molar-refractivity contribution in [3.05, 3.63) is 155 Å². The van der Waals surface area contributed by atoms with Crippen LogP contribution >= 0.6 is 0 Å². The fraction of sp³-hybridized carbons (Fsp3) is 0.154. The Morgan fingerprint density at radius 1 is 0.578 bits per heavy atom. The van der Waals surface area contributed by atoms with Gasteiger partial charge in [0.2, 0.25) is 0 Å². The molecule has 0 aliphatic rings. The zero-order chi connectivity index (χ0) is 31.3. The van der Waals surface area contributed by atoms with Crippen LogP contribution < -0.4 is 23.7 Å². The van der Waals surface area contributed by atoms with Crippen LogP contribution in [0.15, 0.2) is 127 Å². The highest BCUT2D eigenvalue weighted by Gasteiger charge is 2.14. The minimum absolute atomic E-state index is 0.199. The second-order valence-electron chi connectivity index (χ2n) is 10.2. The number of methoxy groups -OCH3 is 1. The van der Waals surface area contributed by atoms with E-state index in [4.69, 9.17) is 23.7 Å². The van der Waals surface area contributed by atoms with Crippen LogP contribution in [-0.4, -0.2) is 19.5 Å². The van der Waals surface area contributed by atoms with Crippen molar-refractivity contribution in [2.45, 2.75) is 26.7 Å². The van der Waals surface area contributed by atoms with Crippen LogP contribution in [0.2, 0.25) is 0 Å². The summed E-state index contributed by atoms with van der Waals surface area (Å²) in [7, 11) is 1.64. The summed E-state index contributed by atoms with van der Waals surface area (Å²) >= 11 is 0. The third kappa shape index (κ3) is 9.00. The predicted molar refractivity (Wildman–Crippen MR) is 176 cm³/mol. The molecule has 0 amide bonds. The highest BCUT2D eigenvalue weighted by atomic mass is 16.5. The maximum atomic E-state index is 13.5. The summed E-state index contributed by atoms with van der Waals surface area (Å²) < 4.78 is 29.3. The lowest BCUT2D eigenvalue weighted by molar-refractivity contribution is 0.104. The number of ketones is 1. The molecule has 0 aliphatic carbocycles. The molecule has 45 heavy (non-hydrogen) atoms. The fourth-order valence-electron chi connectivity index (χ4n) is 4.56. The van der Waals surface area contributed by atoms with Gasteiger partial charge < -0.3 is 23.7 Å². The Hall–Kier alpha value is -5.49. The molecule has 0 spiro atoms. The molecule has 5 rings (SSSR count). The molecule has 0 aromatic heterocycles. The Bertz CT molecular complexity index is 1700. The molecule has 5 aromatic carbocycles. The topological polar surface area (TPSA) is 63.2 Å². The minimum atomic E-state index is -0.199. The van der Waals surface area contributed by atoms with Gasteiger partial charge in [-0.25, -0.2) is 0 Å². The predicted octanol–water partition coefficient (Wildman–Crippen LogP) is 8.73. The van der Waals surface area contributed by atoms with E-state index in [1.54, 1.807) is 31.4 Å².